The Kier molecular flexibility index (Phi) is 4.94. The molecule has 0 saturated heterocycles. The second kappa shape index (κ2) is 6.90. The highest BCUT2D eigenvalue weighted by molar-refractivity contribution is 7.10. The molecule has 0 aliphatic carbocycles. The number of nitrogens with one attached hydrogen (secondary N) is 1. The molecule has 1 aromatic heterocycles. The highest BCUT2D eigenvalue weighted by Crippen LogP contribution is 2.18. The van der Waals surface area contributed by atoms with E-state index in [-0.39, 0.29) is 29.9 Å². The summed E-state index contributed by atoms with van der Waals surface area (Å²) in [5, 5.41) is 14.2. The minimum atomic E-state index is -0.730. The molecule has 110 valence electrons. The highest BCUT2D eigenvalue weighted by Gasteiger charge is 2.15. The van der Waals surface area contributed by atoms with Crippen LogP contribution in [0.3, 0.4) is 0 Å². The van der Waals surface area contributed by atoms with Crippen molar-refractivity contribution in [3.8, 4) is 5.75 Å². The van der Waals surface area contributed by atoms with Crippen molar-refractivity contribution in [3.63, 3.8) is 0 Å². The summed E-state index contributed by atoms with van der Waals surface area (Å²) < 4.78 is 4.88. The second-order valence-electron chi connectivity index (χ2n) is 4.40. The van der Waals surface area contributed by atoms with Crippen molar-refractivity contribution in [2.24, 2.45) is 0 Å². The Bertz CT molecular complexity index is 624. The summed E-state index contributed by atoms with van der Waals surface area (Å²) in [4.78, 5) is 24.5. The molecular formula is C15H15NO4S. The number of para-hydroxylation sites is 1. The van der Waals surface area contributed by atoms with E-state index in [2.05, 4.69) is 5.32 Å². The number of carbonyl (C=O) groups excluding carboxylic acids is 2. The predicted molar refractivity (Wildman–Crippen MR) is 79.3 cm³/mol. The lowest BCUT2D eigenvalue weighted by Gasteiger charge is -2.12. The van der Waals surface area contributed by atoms with Crippen LogP contribution in [-0.4, -0.2) is 23.6 Å². The summed E-state index contributed by atoms with van der Waals surface area (Å²) >= 11 is 1.54. The molecule has 1 aromatic carbocycles. The van der Waals surface area contributed by atoms with Crippen molar-refractivity contribution in [2.75, 3.05) is 6.61 Å². The Balaban J connectivity index is 1.84. The van der Waals surface area contributed by atoms with Crippen molar-refractivity contribution in [2.45, 2.75) is 13.0 Å². The molecule has 0 unspecified atom stereocenters. The number of hydrogen-bond acceptors (Lipinski definition) is 5. The van der Waals surface area contributed by atoms with Gasteiger partial charge in [0, 0.05) is 4.88 Å². The van der Waals surface area contributed by atoms with Crippen LogP contribution in [0.4, 0.5) is 0 Å². The number of aromatic hydroxyl groups is 1. The maximum Gasteiger partial charge on any atom is 0.342 e. The third-order valence-corrected chi connectivity index (χ3v) is 3.86. The van der Waals surface area contributed by atoms with Crippen LogP contribution in [0.5, 0.6) is 5.75 Å². The third-order valence-electron chi connectivity index (χ3n) is 2.81. The zero-order chi connectivity index (χ0) is 15.2. The molecule has 0 bridgehead atoms. The average molecular weight is 305 g/mol. The van der Waals surface area contributed by atoms with Gasteiger partial charge in [0.1, 0.15) is 11.3 Å². The average Bonchev–Trinajstić information content (AvgIpc) is 2.99. The van der Waals surface area contributed by atoms with Crippen LogP contribution in [0.1, 0.15) is 28.2 Å². The van der Waals surface area contributed by atoms with Crippen molar-refractivity contribution in [3.05, 3.63) is 52.2 Å². The molecule has 0 radical (unpaired) electrons. The fraction of sp³-hybridized carbons (Fsp3) is 0.200. The molecule has 1 amide bonds. The summed E-state index contributed by atoms with van der Waals surface area (Å²) in [7, 11) is 0. The van der Waals surface area contributed by atoms with Gasteiger partial charge in [-0.15, -0.1) is 11.3 Å². The molecule has 0 saturated carbocycles. The van der Waals surface area contributed by atoms with Crippen LogP contribution in [0.2, 0.25) is 0 Å². The van der Waals surface area contributed by atoms with Gasteiger partial charge in [-0.3, -0.25) is 4.79 Å². The number of rotatable bonds is 5. The topological polar surface area (TPSA) is 75.6 Å². The molecule has 1 heterocycles. The molecule has 0 spiro atoms. The monoisotopic (exact) mass is 305 g/mol. The first-order valence-corrected chi connectivity index (χ1v) is 7.24. The molecule has 2 N–H and O–H groups in total. The summed E-state index contributed by atoms with van der Waals surface area (Å²) in [6.45, 7) is 1.47. The lowest BCUT2D eigenvalue weighted by molar-refractivity contribution is -0.124. The van der Waals surface area contributed by atoms with Gasteiger partial charge < -0.3 is 15.2 Å². The van der Waals surface area contributed by atoms with E-state index in [9.17, 15) is 14.7 Å². The largest absolute Gasteiger partial charge is 0.507 e. The normalized spacial score (nSPS) is 11.7. The number of phenolic OH excluding ortho intramolecular Hbond substituents is 1. The lowest BCUT2D eigenvalue weighted by atomic mass is 10.2. The first-order valence-electron chi connectivity index (χ1n) is 6.36. The van der Waals surface area contributed by atoms with Gasteiger partial charge in [0.25, 0.3) is 5.91 Å². The van der Waals surface area contributed by atoms with Crippen LogP contribution >= 0.6 is 11.3 Å². The van der Waals surface area contributed by atoms with Crippen LogP contribution in [0, 0.1) is 0 Å². The Morgan fingerprint density at radius 3 is 2.71 bits per heavy atom. The molecule has 2 aromatic rings. The fourth-order valence-electron chi connectivity index (χ4n) is 1.75. The SMILES string of the molecule is C[C@H](NC(=O)COC(=O)c1ccccc1O)c1cccs1. The van der Waals surface area contributed by atoms with E-state index in [4.69, 9.17) is 4.74 Å². The third kappa shape index (κ3) is 4.06. The molecule has 2 rings (SSSR count). The number of hydrogen-bond donors (Lipinski definition) is 2. The Morgan fingerprint density at radius 1 is 1.29 bits per heavy atom. The van der Waals surface area contributed by atoms with Crippen molar-refractivity contribution >= 4 is 23.2 Å². The van der Waals surface area contributed by atoms with E-state index in [0.717, 1.165) is 4.88 Å². The Hall–Kier alpha value is -2.34. The summed E-state index contributed by atoms with van der Waals surface area (Å²) in [5.41, 5.74) is 0.0385. The van der Waals surface area contributed by atoms with E-state index < -0.39 is 5.97 Å². The van der Waals surface area contributed by atoms with Gasteiger partial charge in [-0.2, -0.15) is 0 Å². The highest BCUT2D eigenvalue weighted by atomic mass is 32.1. The van der Waals surface area contributed by atoms with E-state index in [1.54, 1.807) is 23.5 Å². The molecular weight excluding hydrogens is 290 g/mol. The van der Waals surface area contributed by atoms with E-state index >= 15 is 0 Å². The lowest BCUT2D eigenvalue weighted by Crippen LogP contribution is -2.30. The zero-order valence-electron chi connectivity index (χ0n) is 11.4. The smallest absolute Gasteiger partial charge is 0.342 e. The molecule has 1 atom stereocenters. The number of amides is 1. The predicted octanol–water partition coefficient (Wildman–Crippen LogP) is 2.49. The van der Waals surface area contributed by atoms with Gasteiger partial charge in [-0.05, 0) is 30.5 Å². The van der Waals surface area contributed by atoms with Gasteiger partial charge in [0.15, 0.2) is 6.61 Å². The van der Waals surface area contributed by atoms with Crippen molar-refractivity contribution in [1.29, 1.82) is 0 Å². The summed E-state index contributed by atoms with van der Waals surface area (Å²) in [6, 6.07) is 9.71. The zero-order valence-corrected chi connectivity index (χ0v) is 12.2. The quantitative estimate of drug-likeness (QED) is 0.832. The fourth-order valence-corrected chi connectivity index (χ4v) is 2.48. The van der Waals surface area contributed by atoms with Gasteiger partial charge in [0.05, 0.1) is 6.04 Å². The van der Waals surface area contributed by atoms with Crippen LogP contribution in [0.25, 0.3) is 0 Å². The number of carbonyl (C=O) groups is 2. The maximum atomic E-state index is 11.7. The molecule has 0 aliphatic heterocycles. The molecule has 5 nitrogen and oxygen atoms in total. The van der Waals surface area contributed by atoms with Crippen LogP contribution in [0.15, 0.2) is 41.8 Å². The van der Waals surface area contributed by atoms with Crippen LogP contribution < -0.4 is 5.32 Å². The van der Waals surface area contributed by atoms with Gasteiger partial charge >= 0.3 is 5.97 Å². The van der Waals surface area contributed by atoms with Crippen LogP contribution in [-0.2, 0) is 9.53 Å². The Morgan fingerprint density at radius 2 is 2.05 bits per heavy atom. The molecule has 0 aliphatic rings. The molecule has 21 heavy (non-hydrogen) atoms. The van der Waals surface area contributed by atoms with Gasteiger partial charge in [0.2, 0.25) is 0 Å². The second-order valence-corrected chi connectivity index (χ2v) is 5.38. The minimum absolute atomic E-state index is 0.0385. The first-order chi connectivity index (χ1) is 10.1. The summed E-state index contributed by atoms with van der Waals surface area (Å²) in [5.74, 6) is -1.29. The van der Waals surface area contributed by atoms with Gasteiger partial charge in [-0.25, -0.2) is 4.79 Å². The standard InChI is InChI=1S/C15H15NO4S/c1-10(13-7-4-8-21-13)16-14(18)9-20-15(19)11-5-2-3-6-12(11)17/h2-8,10,17H,9H2,1H3,(H,16,18)/t10-/m0/s1. The van der Waals surface area contributed by atoms with Gasteiger partial charge in [-0.1, -0.05) is 18.2 Å². The van der Waals surface area contributed by atoms with E-state index in [1.807, 2.05) is 24.4 Å². The van der Waals surface area contributed by atoms with E-state index in [1.165, 1.54) is 12.1 Å². The first kappa shape index (κ1) is 15.1. The van der Waals surface area contributed by atoms with Crippen molar-refractivity contribution in [1.82, 2.24) is 5.32 Å². The summed E-state index contributed by atoms with van der Waals surface area (Å²) in [6.07, 6.45) is 0. The Labute approximate surface area is 126 Å². The number of benzene rings is 1. The minimum Gasteiger partial charge on any atom is -0.507 e. The number of thiophene rings is 1. The van der Waals surface area contributed by atoms with E-state index in [0.29, 0.717) is 0 Å². The number of ether oxygens (including phenoxy) is 1. The number of phenols is 1. The van der Waals surface area contributed by atoms with Crippen molar-refractivity contribution < 1.29 is 19.4 Å². The molecule has 6 heteroatoms. The molecule has 0 fully saturated rings. The number of esters is 1. The maximum absolute atomic E-state index is 11.7.